The van der Waals surface area contributed by atoms with E-state index in [1.807, 2.05) is 0 Å². The number of hydrogen-bond acceptors (Lipinski definition) is 4. The first kappa shape index (κ1) is 14.2. The lowest BCUT2D eigenvalue weighted by atomic mass is 10.0. The Morgan fingerprint density at radius 3 is 2.59 bits per heavy atom. The molecule has 6 N–H and O–H groups in total. The average Bonchev–Trinajstić information content (AvgIpc) is 2.88. The Morgan fingerprint density at radius 1 is 1.18 bits per heavy atom. The highest BCUT2D eigenvalue weighted by atomic mass is 16.4. The third-order valence-electron chi connectivity index (χ3n) is 3.66. The minimum atomic E-state index is -0.940. The van der Waals surface area contributed by atoms with E-state index in [4.69, 9.17) is 10.8 Å². The largest absolute Gasteiger partial charge is 0.478 e. The quantitative estimate of drug-likeness (QED) is 0.574. The molecule has 1 aliphatic rings. The van der Waals surface area contributed by atoms with Crippen LogP contribution in [-0.4, -0.2) is 28.3 Å². The first-order valence-electron chi connectivity index (χ1n) is 6.90. The number of carbonyl (C=O) groups excluding carboxylic acids is 1. The molecule has 1 aliphatic heterocycles. The molecule has 0 saturated carbocycles. The zero-order valence-corrected chi connectivity index (χ0v) is 11.7. The maximum Gasteiger partial charge on any atom is 0.335 e. The minimum absolute atomic E-state index is 0.196. The van der Waals surface area contributed by atoms with Crippen molar-refractivity contribution in [3.05, 3.63) is 52.7 Å². The van der Waals surface area contributed by atoms with Gasteiger partial charge in [-0.2, -0.15) is 0 Å². The van der Waals surface area contributed by atoms with Gasteiger partial charge >= 0.3 is 5.97 Å². The van der Waals surface area contributed by atoms with Gasteiger partial charge in [0.15, 0.2) is 6.29 Å². The van der Waals surface area contributed by atoms with E-state index in [0.717, 1.165) is 11.1 Å². The summed E-state index contributed by atoms with van der Waals surface area (Å²) in [5, 5.41) is 14.4. The second-order valence-electron chi connectivity index (χ2n) is 5.16. The molecule has 0 radical (unpaired) electrons. The Labute approximate surface area is 126 Å². The van der Waals surface area contributed by atoms with Gasteiger partial charge in [0, 0.05) is 6.20 Å². The van der Waals surface area contributed by atoms with Gasteiger partial charge < -0.3 is 20.7 Å². The van der Waals surface area contributed by atoms with E-state index in [2.05, 4.69) is 15.6 Å². The molecule has 1 aromatic heterocycles. The van der Waals surface area contributed by atoms with E-state index in [1.165, 1.54) is 0 Å². The lowest BCUT2D eigenvalue weighted by molar-refractivity contribution is 0.0696. The smallest absolute Gasteiger partial charge is 0.335 e. The maximum absolute atomic E-state index is 12.0. The van der Waals surface area contributed by atoms with Crippen molar-refractivity contribution in [1.29, 1.82) is 0 Å². The van der Waals surface area contributed by atoms with Gasteiger partial charge in [0.1, 0.15) is 5.82 Å². The summed E-state index contributed by atoms with van der Waals surface area (Å²) in [4.78, 5) is 25.8. The number of anilines is 1. The number of carboxylic acids is 1. The summed E-state index contributed by atoms with van der Waals surface area (Å²) in [6.45, 7) is 0. The van der Waals surface area contributed by atoms with Crippen molar-refractivity contribution >= 4 is 17.7 Å². The van der Waals surface area contributed by atoms with Crippen molar-refractivity contribution < 1.29 is 14.7 Å². The molecule has 114 valence electrons. The Kier molecular flexibility index (Phi) is 3.56. The summed E-state index contributed by atoms with van der Waals surface area (Å²) in [5.74, 6) is -0.503. The number of amides is 1. The molecule has 7 heteroatoms. The zero-order chi connectivity index (χ0) is 15.7. The average molecular weight is 300 g/mol. The van der Waals surface area contributed by atoms with E-state index in [9.17, 15) is 9.59 Å². The fourth-order valence-electron chi connectivity index (χ4n) is 2.53. The lowest BCUT2D eigenvalue weighted by Crippen LogP contribution is -2.50. The van der Waals surface area contributed by atoms with Gasteiger partial charge in [0.25, 0.3) is 5.91 Å². The van der Waals surface area contributed by atoms with Crippen LogP contribution in [0.5, 0.6) is 0 Å². The number of nitrogens with two attached hydrogens (primary N) is 1. The van der Waals surface area contributed by atoms with Crippen LogP contribution in [0.2, 0.25) is 0 Å². The molecule has 0 fully saturated rings. The van der Waals surface area contributed by atoms with E-state index < -0.39 is 12.3 Å². The van der Waals surface area contributed by atoms with Crippen molar-refractivity contribution in [3.63, 3.8) is 0 Å². The van der Waals surface area contributed by atoms with Crippen LogP contribution < -0.4 is 16.4 Å². The van der Waals surface area contributed by atoms with Gasteiger partial charge in [0.2, 0.25) is 0 Å². The van der Waals surface area contributed by atoms with Gasteiger partial charge in [-0.3, -0.25) is 10.5 Å². The molecule has 0 spiro atoms. The number of nitrogens with one attached hydrogen (secondary N) is 3. The first-order chi connectivity index (χ1) is 10.5. The molecule has 2 aromatic rings. The van der Waals surface area contributed by atoms with Gasteiger partial charge in [-0.25, -0.2) is 4.79 Å². The number of benzene rings is 1. The number of carbonyl (C=O) groups is 2. The predicted octanol–water partition coefficient (Wildman–Crippen LogP) is 0.896. The second kappa shape index (κ2) is 5.53. The number of rotatable bonds is 4. The van der Waals surface area contributed by atoms with Crippen LogP contribution in [-0.2, 0) is 12.8 Å². The normalized spacial score (nSPS) is 16.6. The number of fused-ring (bicyclic) bond motifs is 1. The summed E-state index contributed by atoms with van der Waals surface area (Å²) in [6.07, 6.45) is 2.59. The number of H-pyrrole nitrogens is 1. The van der Waals surface area contributed by atoms with Crippen molar-refractivity contribution in [2.75, 3.05) is 5.32 Å². The second-order valence-corrected chi connectivity index (χ2v) is 5.16. The van der Waals surface area contributed by atoms with Crippen molar-refractivity contribution in [3.8, 4) is 0 Å². The maximum atomic E-state index is 12.0. The molecule has 0 bridgehead atoms. The summed E-state index contributed by atoms with van der Waals surface area (Å²) < 4.78 is 0. The molecule has 3 rings (SSSR count). The third kappa shape index (κ3) is 2.66. The molecule has 7 nitrogen and oxygen atoms in total. The Bertz CT molecular complexity index is 721. The first-order valence-corrected chi connectivity index (χ1v) is 6.90. The fourth-order valence-corrected chi connectivity index (χ4v) is 2.53. The lowest BCUT2D eigenvalue weighted by Gasteiger charge is -2.22. The highest BCUT2D eigenvalue weighted by molar-refractivity contribution is 6.02. The van der Waals surface area contributed by atoms with E-state index >= 15 is 0 Å². The van der Waals surface area contributed by atoms with Gasteiger partial charge in [-0.05, 0) is 36.1 Å². The Balaban J connectivity index is 1.72. The van der Waals surface area contributed by atoms with Crippen LogP contribution in [0.15, 0.2) is 30.5 Å². The van der Waals surface area contributed by atoms with Crippen LogP contribution in [0.1, 0.15) is 31.8 Å². The highest BCUT2D eigenvalue weighted by Gasteiger charge is 2.25. The number of aromatic amines is 1. The topological polar surface area (TPSA) is 120 Å². The Morgan fingerprint density at radius 2 is 1.91 bits per heavy atom. The molecule has 2 heterocycles. The number of aromatic carboxylic acids is 1. The molecule has 0 aliphatic carbocycles. The molecule has 22 heavy (non-hydrogen) atoms. The predicted molar refractivity (Wildman–Crippen MR) is 80.7 cm³/mol. The number of aryl methyl sites for hydroxylation is 2. The number of hydrogen-bond donors (Lipinski definition) is 5. The molecule has 1 amide bonds. The van der Waals surface area contributed by atoms with Crippen LogP contribution in [0.4, 0.5) is 5.82 Å². The monoisotopic (exact) mass is 300 g/mol. The molecular formula is C15H16N4O3. The zero-order valence-electron chi connectivity index (χ0n) is 11.7. The van der Waals surface area contributed by atoms with Crippen LogP contribution in [0, 0.1) is 0 Å². The van der Waals surface area contributed by atoms with Crippen molar-refractivity contribution in [2.24, 2.45) is 5.73 Å². The SMILES string of the molecule is NC1NC(=O)c2c(CCc3ccc(C(=O)O)cc3)c[nH]c2N1. The van der Waals surface area contributed by atoms with Gasteiger partial charge in [-0.15, -0.1) is 0 Å². The molecule has 1 unspecified atom stereocenters. The molecular weight excluding hydrogens is 284 g/mol. The summed E-state index contributed by atoms with van der Waals surface area (Å²) >= 11 is 0. The summed E-state index contributed by atoms with van der Waals surface area (Å²) in [5.41, 5.74) is 8.40. The van der Waals surface area contributed by atoms with Crippen LogP contribution >= 0.6 is 0 Å². The standard InChI is InChI=1S/C15H16N4O3/c16-15-18-12-11(13(20)19-15)10(7-17-12)6-3-8-1-4-9(5-2-8)14(21)22/h1-2,4-5,7,15,17-18H,3,6,16H2,(H,19,20)(H,21,22). The number of aromatic nitrogens is 1. The van der Waals surface area contributed by atoms with Crippen molar-refractivity contribution in [2.45, 2.75) is 19.1 Å². The highest BCUT2D eigenvalue weighted by Crippen LogP contribution is 2.23. The Hall–Kier alpha value is -2.80. The van der Waals surface area contributed by atoms with Crippen LogP contribution in [0.25, 0.3) is 0 Å². The van der Waals surface area contributed by atoms with E-state index in [1.54, 1.807) is 30.5 Å². The van der Waals surface area contributed by atoms with Crippen molar-refractivity contribution in [1.82, 2.24) is 10.3 Å². The van der Waals surface area contributed by atoms with E-state index in [0.29, 0.717) is 24.2 Å². The molecule has 1 atom stereocenters. The number of carboxylic acid groups (broad SMARTS) is 1. The third-order valence-corrected chi connectivity index (χ3v) is 3.66. The molecule has 0 saturated heterocycles. The summed E-state index contributed by atoms with van der Waals surface area (Å²) in [6, 6.07) is 6.74. The minimum Gasteiger partial charge on any atom is -0.478 e. The summed E-state index contributed by atoms with van der Waals surface area (Å²) in [7, 11) is 0. The van der Waals surface area contributed by atoms with Crippen LogP contribution in [0.3, 0.4) is 0 Å². The van der Waals surface area contributed by atoms with Gasteiger partial charge in [0.05, 0.1) is 11.1 Å². The van der Waals surface area contributed by atoms with Gasteiger partial charge in [-0.1, -0.05) is 12.1 Å². The molecule has 1 aromatic carbocycles. The van der Waals surface area contributed by atoms with E-state index in [-0.39, 0.29) is 11.5 Å². The fraction of sp³-hybridized carbons (Fsp3) is 0.200.